The van der Waals surface area contributed by atoms with E-state index in [0.717, 1.165) is 22.9 Å². The van der Waals surface area contributed by atoms with Crippen molar-refractivity contribution in [2.45, 2.75) is 19.2 Å². The second-order valence-corrected chi connectivity index (χ2v) is 3.29. The molecule has 3 nitrogen and oxygen atoms in total. The third kappa shape index (κ3) is 7.94. The van der Waals surface area contributed by atoms with Crippen LogP contribution in [0.5, 0.6) is 5.75 Å². The highest BCUT2D eigenvalue weighted by molar-refractivity contribution is 9.08. The van der Waals surface area contributed by atoms with E-state index in [9.17, 15) is 4.79 Å². The molecular weight excluding hydrogens is 284 g/mol. The Morgan fingerprint density at radius 1 is 1.24 bits per heavy atom. The minimum absolute atomic E-state index is 0.636. The van der Waals surface area contributed by atoms with E-state index in [2.05, 4.69) is 20.7 Å². The van der Waals surface area contributed by atoms with Crippen LogP contribution in [0.1, 0.15) is 29.8 Å². The number of aldehydes is 1. The number of carbonyl (C=O) groups is 1. The van der Waals surface area contributed by atoms with Gasteiger partial charge in [-0.15, -0.1) is 0 Å². The van der Waals surface area contributed by atoms with Crippen LogP contribution in [-0.4, -0.2) is 27.6 Å². The van der Waals surface area contributed by atoms with Gasteiger partial charge >= 0.3 is 0 Å². The summed E-state index contributed by atoms with van der Waals surface area (Å²) < 4.78 is 9.34. The molecular formula is C13H21BrO3. The van der Waals surface area contributed by atoms with E-state index in [1.54, 1.807) is 33.5 Å². The molecule has 1 aromatic carbocycles. The molecule has 0 saturated carbocycles. The first kappa shape index (κ1) is 18.5. The highest BCUT2D eigenvalue weighted by Gasteiger charge is 2.01. The highest BCUT2D eigenvalue weighted by Crippen LogP contribution is 2.21. The van der Waals surface area contributed by atoms with Gasteiger partial charge in [-0.1, -0.05) is 41.9 Å². The maximum atomic E-state index is 10.4. The van der Waals surface area contributed by atoms with Crippen molar-refractivity contribution in [3.8, 4) is 5.75 Å². The standard InChI is InChI=1S/C9H9BrO2.C2H6O.C2H6/c1-12-9-4-7(6-11)2-3-8(9)5-10;1-3-2;1-2/h2-4,6H,5H2,1H3;1-2H3;1-2H3. The van der Waals surface area contributed by atoms with Gasteiger partial charge in [-0.2, -0.15) is 0 Å². The maximum Gasteiger partial charge on any atom is 0.150 e. The molecule has 0 saturated heterocycles. The van der Waals surface area contributed by atoms with E-state index in [-0.39, 0.29) is 0 Å². The lowest BCUT2D eigenvalue weighted by atomic mass is 10.1. The molecule has 0 radical (unpaired) electrons. The van der Waals surface area contributed by atoms with E-state index < -0.39 is 0 Å². The van der Waals surface area contributed by atoms with Crippen molar-refractivity contribution in [2.24, 2.45) is 0 Å². The SMILES string of the molecule is CC.COC.COc1cc(C=O)ccc1CBr. The molecule has 1 rings (SSSR count). The number of hydrogen-bond acceptors (Lipinski definition) is 3. The van der Waals surface area contributed by atoms with Gasteiger partial charge in [0.15, 0.2) is 0 Å². The molecule has 0 aliphatic rings. The highest BCUT2D eigenvalue weighted by atomic mass is 79.9. The number of rotatable bonds is 3. The summed E-state index contributed by atoms with van der Waals surface area (Å²) in [6, 6.07) is 5.37. The van der Waals surface area contributed by atoms with Gasteiger partial charge in [-0.05, 0) is 6.07 Å². The minimum Gasteiger partial charge on any atom is -0.496 e. The number of ether oxygens (including phenoxy) is 2. The summed E-state index contributed by atoms with van der Waals surface area (Å²) in [7, 11) is 4.84. The zero-order valence-corrected chi connectivity index (χ0v) is 12.7. The molecule has 17 heavy (non-hydrogen) atoms. The van der Waals surface area contributed by atoms with Crippen LogP contribution in [0, 0.1) is 0 Å². The third-order valence-electron chi connectivity index (χ3n) is 1.59. The first-order chi connectivity index (χ1) is 8.23. The maximum absolute atomic E-state index is 10.4. The lowest BCUT2D eigenvalue weighted by Gasteiger charge is -2.05. The summed E-state index contributed by atoms with van der Waals surface area (Å²) in [5.41, 5.74) is 1.68. The first-order valence-corrected chi connectivity index (χ1v) is 6.43. The smallest absolute Gasteiger partial charge is 0.150 e. The lowest BCUT2D eigenvalue weighted by Crippen LogP contribution is -1.91. The van der Waals surface area contributed by atoms with Crippen molar-refractivity contribution in [1.29, 1.82) is 0 Å². The Kier molecular flexibility index (Phi) is 14.4. The Balaban J connectivity index is 0. The Labute approximate surface area is 112 Å². The number of benzene rings is 1. The van der Waals surface area contributed by atoms with Gasteiger partial charge in [0.05, 0.1) is 7.11 Å². The van der Waals surface area contributed by atoms with Crippen LogP contribution in [0.25, 0.3) is 0 Å². The Morgan fingerprint density at radius 2 is 1.76 bits per heavy atom. The van der Waals surface area contributed by atoms with Gasteiger partial charge in [0, 0.05) is 30.7 Å². The zero-order chi connectivity index (χ0) is 13.7. The average molecular weight is 305 g/mol. The van der Waals surface area contributed by atoms with Crippen LogP contribution in [0.4, 0.5) is 0 Å². The van der Waals surface area contributed by atoms with Crippen LogP contribution in [0.2, 0.25) is 0 Å². The van der Waals surface area contributed by atoms with Crippen LogP contribution >= 0.6 is 15.9 Å². The third-order valence-corrected chi connectivity index (χ3v) is 2.20. The van der Waals surface area contributed by atoms with Gasteiger partial charge in [-0.3, -0.25) is 4.79 Å². The number of methoxy groups -OCH3 is 2. The largest absolute Gasteiger partial charge is 0.496 e. The van der Waals surface area contributed by atoms with Crippen LogP contribution in [0.3, 0.4) is 0 Å². The molecule has 0 N–H and O–H groups in total. The molecule has 0 amide bonds. The van der Waals surface area contributed by atoms with Crippen molar-refractivity contribution in [3.05, 3.63) is 29.3 Å². The van der Waals surface area contributed by atoms with Crippen LogP contribution in [-0.2, 0) is 10.1 Å². The summed E-state index contributed by atoms with van der Waals surface area (Å²) in [5, 5.41) is 0.731. The monoisotopic (exact) mass is 304 g/mol. The Hall–Kier alpha value is -0.870. The molecule has 1 aromatic rings. The number of hydrogen-bond donors (Lipinski definition) is 0. The molecule has 0 aliphatic heterocycles. The normalized spacial score (nSPS) is 8.12. The van der Waals surface area contributed by atoms with E-state index in [4.69, 9.17) is 4.74 Å². The number of alkyl halides is 1. The zero-order valence-electron chi connectivity index (χ0n) is 11.1. The molecule has 0 atom stereocenters. The average Bonchev–Trinajstić information content (AvgIpc) is 2.41. The van der Waals surface area contributed by atoms with E-state index in [0.29, 0.717) is 5.56 Å². The molecule has 0 heterocycles. The van der Waals surface area contributed by atoms with Crippen molar-refractivity contribution in [1.82, 2.24) is 0 Å². The Bertz CT molecular complexity index is 301. The molecule has 0 bridgehead atoms. The Morgan fingerprint density at radius 3 is 2.12 bits per heavy atom. The van der Waals surface area contributed by atoms with E-state index in [1.165, 1.54) is 0 Å². The van der Waals surface area contributed by atoms with Crippen molar-refractivity contribution in [2.75, 3.05) is 21.3 Å². The number of halogens is 1. The fraction of sp³-hybridized carbons (Fsp3) is 0.462. The molecule has 0 aliphatic carbocycles. The fourth-order valence-corrected chi connectivity index (χ4v) is 1.41. The molecule has 0 aromatic heterocycles. The van der Waals surface area contributed by atoms with Crippen molar-refractivity contribution < 1.29 is 14.3 Å². The van der Waals surface area contributed by atoms with Gasteiger partial charge in [0.1, 0.15) is 12.0 Å². The van der Waals surface area contributed by atoms with Gasteiger partial charge in [0.2, 0.25) is 0 Å². The summed E-state index contributed by atoms with van der Waals surface area (Å²) >= 11 is 3.33. The second kappa shape index (κ2) is 13.2. The summed E-state index contributed by atoms with van der Waals surface area (Å²) in [6.07, 6.45) is 0.806. The van der Waals surface area contributed by atoms with Crippen LogP contribution < -0.4 is 4.74 Å². The number of carbonyl (C=O) groups excluding carboxylic acids is 1. The van der Waals surface area contributed by atoms with E-state index >= 15 is 0 Å². The quantitative estimate of drug-likeness (QED) is 0.631. The predicted octanol–water partition coefficient (Wildman–Crippen LogP) is 3.69. The van der Waals surface area contributed by atoms with Gasteiger partial charge < -0.3 is 9.47 Å². The van der Waals surface area contributed by atoms with Crippen LogP contribution in [0.15, 0.2) is 18.2 Å². The van der Waals surface area contributed by atoms with E-state index in [1.807, 2.05) is 19.9 Å². The molecule has 0 spiro atoms. The lowest BCUT2D eigenvalue weighted by molar-refractivity contribution is 0.112. The molecule has 0 fully saturated rings. The van der Waals surface area contributed by atoms with Crippen molar-refractivity contribution >= 4 is 22.2 Å². The summed E-state index contributed by atoms with van der Waals surface area (Å²) in [4.78, 5) is 10.4. The topological polar surface area (TPSA) is 35.5 Å². The minimum atomic E-state index is 0.636. The second-order valence-electron chi connectivity index (χ2n) is 2.73. The van der Waals surface area contributed by atoms with Gasteiger partial charge in [0.25, 0.3) is 0 Å². The summed E-state index contributed by atoms with van der Waals surface area (Å²) in [5.74, 6) is 0.747. The van der Waals surface area contributed by atoms with Gasteiger partial charge in [-0.25, -0.2) is 0 Å². The molecule has 4 heteroatoms. The fourth-order valence-electron chi connectivity index (χ4n) is 0.945. The predicted molar refractivity (Wildman–Crippen MR) is 75.3 cm³/mol. The summed E-state index contributed by atoms with van der Waals surface area (Å²) in [6.45, 7) is 4.00. The molecule has 98 valence electrons. The first-order valence-electron chi connectivity index (χ1n) is 5.31. The molecule has 0 unspecified atom stereocenters. The van der Waals surface area contributed by atoms with Crippen molar-refractivity contribution in [3.63, 3.8) is 0 Å².